The average Bonchev–Trinajstić information content (AvgIpc) is 3.08. The van der Waals surface area contributed by atoms with Gasteiger partial charge in [-0.1, -0.05) is 19.9 Å². The summed E-state index contributed by atoms with van der Waals surface area (Å²) in [5.74, 6) is 0.390. The molecule has 0 spiro atoms. The highest BCUT2D eigenvalue weighted by molar-refractivity contribution is 7.14. The van der Waals surface area contributed by atoms with Gasteiger partial charge in [0.1, 0.15) is 0 Å². The summed E-state index contributed by atoms with van der Waals surface area (Å²) in [6.45, 7) is 7.70. The second-order valence-corrected chi connectivity index (χ2v) is 7.83. The maximum absolute atomic E-state index is 11.9. The van der Waals surface area contributed by atoms with E-state index in [0.29, 0.717) is 17.5 Å². The Bertz CT molecular complexity index is 813. The van der Waals surface area contributed by atoms with Gasteiger partial charge in [0.05, 0.1) is 5.69 Å². The highest BCUT2D eigenvalue weighted by atomic mass is 32.1. The molecule has 1 atom stereocenters. The summed E-state index contributed by atoms with van der Waals surface area (Å²) in [4.78, 5) is 30.1. The van der Waals surface area contributed by atoms with Crippen molar-refractivity contribution in [3.05, 3.63) is 29.1 Å². The lowest BCUT2D eigenvalue weighted by molar-refractivity contribution is -0.117. The van der Waals surface area contributed by atoms with E-state index in [1.165, 1.54) is 16.9 Å². The molecule has 2 heterocycles. The molecule has 3 rings (SSSR count). The van der Waals surface area contributed by atoms with Crippen LogP contribution in [0.2, 0.25) is 0 Å². The van der Waals surface area contributed by atoms with Crippen LogP contribution in [0.4, 0.5) is 10.8 Å². The molecule has 1 N–H and O–H groups in total. The summed E-state index contributed by atoms with van der Waals surface area (Å²) < 4.78 is 0. The van der Waals surface area contributed by atoms with Crippen LogP contribution in [0, 0.1) is 5.92 Å². The molecule has 0 saturated heterocycles. The number of benzene rings is 1. The number of carbonyl (C=O) groups excluding carboxylic acids is 2. The molecule has 1 aliphatic rings. The molecule has 0 bridgehead atoms. The monoisotopic (exact) mass is 357 g/mol. The van der Waals surface area contributed by atoms with Gasteiger partial charge in [0.15, 0.2) is 5.13 Å². The number of hydrogen-bond donors (Lipinski definition) is 1. The Morgan fingerprint density at radius 1 is 1.40 bits per heavy atom. The van der Waals surface area contributed by atoms with Crippen molar-refractivity contribution < 1.29 is 9.59 Å². The number of anilines is 2. The highest BCUT2D eigenvalue weighted by Gasteiger charge is 2.29. The first kappa shape index (κ1) is 17.6. The average molecular weight is 357 g/mol. The number of hydrogen-bond acceptors (Lipinski definition) is 4. The number of carbonyl (C=O) groups is 2. The van der Waals surface area contributed by atoms with E-state index >= 15 is 0 Å². The van der Waals surface area contributed by atoms with E-state index in [1.807, 2.05) is 36.3 Å². The van der Waals surface area contributed by atoms with E-state index in [0.717, 1.165) is 23.4 Å². The van der Waals surface area contributed by atoms with E-state index in [-0.39, 0.29) is 17.9 Å². The lowest BCUT2D eigenvalue weighted by atomic mass is 10.1. The fourth-order valence-electron chi connectivity index (χ4n) is 3.28. The summed E-state index contributed by atoms with van der Waals surface area (Å²) in [5, 5.41) is 5.44. The van der Waals surface area contributed by atoms with Gasteiger partial charge in [-0.15, -0.1) is 11.3 Å². The second kappa shape index (κ2) is 6.96. The Balaban J connectivity index is 1.79. The molecule has 2 amide bonds. The molecule has 0 radical (unpaired) electrons. The zero-order valence-electron chi connectivity index (χ0n) is 15.0. The molecule has 0 fully saturated rings. The van der Waals surface area contributed by atoms with Crippen LogP contribution in [0.5, 0.6) is 0 Å². The third kappa shape index (κ3) is 3.74. The number of fused-ring (bicyclic) bond motifs is 1. The Labute approximate surface area is 152 Å². The van der Waals surface area contributed by atoms with Crippen LogP contribution in [0.3, 0.4) is 0 Å². The van der Waals surface area contributed by atoms with Gasteiger partial charge >= 0.3 is 0 Å². The molecule has 0 unspecified atom stereocenters. The Hall–Kier alpha value is -2.21. The number of thiazole rings is 1. The molecule has 1 aliphatic heterocycles. The molecule has 132 valence electrons. The molecular formula is C19H23N3O2S. The quantitative estimate of drug-likeness (QED) is 0.896. The SMILES string of the molecule is CC(=O)N1c2ccc(-c3csc(NC(=O)CC(C)C)n3)cc2C[C@H]1C. The van der Waals surface area contributed by atoms with Gasteiger partial charge in [-0.25, -0.2) is 4.98 Å². The van der Waals surface area contributed by atoms with Crippen molar-refractivity contribution in [2.45, 2.75) is 46.6 Å². The molecule has 1 aromatic heterocycles. The predicted molar refractivity (Wildman–Crippen MR) is 102 cm³/mol. The Morgan fingerprint density at radius 3 is 2.84 bits per heavy atom. The summed E-state index contributed by atoms with van der Waals surface area (Å²) in [7, 11) is 0. The molecule has 2 aromatic rings. The number of amides is 2. The van der Waals surface area contributed by atoms with Crippen LogP contribution < -0.4 is 10.2 Å². The lowest BCUT2D eigenvalue weighted by Crippen LogP contribution is -2.33. The van der Waals surface area contributed by atoms with E-state index in [2.05, 4.69) is 23.3 Å². The maximum atomic E-state index is 11.9. The van der Waals surface area contributed by atoms with Crippen LogP contribution in [-0.2, 0) is 16.0 Å². The van der Waals surface area contributed by atoms with Crippen molar-refractivity contribution in [3.63, 3.8) is 0 Å². The van der Waals surface area contributed by atoms with Crippen LogP contribution in [0.1, 0.15) is 39.7 Å². The van der Waals surface area contributed by atoms with Crippen molar-refractivity contribution in [1.29, 1.82) is 0 Å². The largest absolute Gasteiger partial charge is 0.309 e. The molecule has 0 saturated carbocycles. The summed E-state index contributed by atoms with van der Waals surface area (Å²) in [6, 6.07) is 6.26. The molecule has 25 heavy (non-hydrogen) atoms. The summed E-state index contributed by atoms with van der Waals surface area (Å²) in [6.07, 6.45) is 1.34. The highest BCUT2D eigenvalue weighted by Crippen LogP contribution is 2.36. The number of nitrogens with one attached hydrogen (secondary N) is 1. The smallest absolute Gasteiger partial charge is 0.226 e. The van der Waals surface area contributed by atoms with Gasteiger partial charge < -0.3 is 10.2 Å². The maximum Gasteiger partial charge on any atom is 0.226 e. The second-order valence-electron chi connectivity index (χ2n) is 6.97. The van der Waals surface area contributed by atoms with E-state index in [4.69, 9.17) is 0 Å². The molecule has 0 aliphatic carbocycles. The normalized spacial score (nSPS) is 16.2. The molecule has 5 nitrogen and oxygen atoms in total. The minimum Gasteiger partial charge on any atom is -0.309 e. The van der Waals surface area contributed by atoms with Crippen molar-refractivity contribution >= 4 is 34.0 Å². The Morgan fingerprint density at radius 2 is 2.16 bits per heavy atom. The fourth-order valence-corrected chi connectivity index (χ4v) is 4.01. The molecule has 6 heteroatoms. The van der Waals surface area contributed by atoms with Gasteiger partial charge in [-0.2, -0.15) is 0 Å². The molecular weight excluding hydrogens is 334 g/mol. The third-order valence-corrected chi connectivity index (χ3v) is 5.03. The lowest BCUT2D eigenvalue weighted by Gasteiger charge is -2.20. The van der Waals surface area contributed by atoms with E-state index < -0.39 is 0 Å². The minimum absolute atomic E-state index is 0.00391. The zero-order valence-corrected chi connectivity index (χ0v) is 15.8. The third-order valence-electron chi connectivity index (χ3n) is 4.27. The van der Waals surface area contributed by atoms with Crippen molar-refractivity contribution in [3.8, 4) is 11.3 Å². The van der Waals surface area contributed by atoms with Crippen LogP contribution in [0.15, 0.2) is 23.6 Å². The fraction of sp³-hybridized carbons (Fsp3) is 0.421. The van der Waals surface area contributed by atoms with Crippen molar-refractivity contribution in [1.82, 2.24) is 4.98 Å². The summed E-state index contributed by atoms with van der Waals surface area (Å²) >= 11 is 1.43. The predicted octanol–water partition coefficient (Wildman–Crippen LogP) is 4.09. The zero-order chi connectivity index (χ0) is 18.1. The first-order chi connectivity index (χ1) is 11.8. The van der Waals surface area contributed by atoms with Gasteiger partial charge in [-0.05, 0) is 37.0 Å². The van der Waals surface area contributed by atoms with Crippen LogP contribution >= 0.6 is 11.3 Å². The number of nitrogens with zero attached hydrogens (tertiary/aromatic N) is 2. The first-order valence-electron chi connectivity index (χ1n) is 8.53. The van der Waals surface area contributed by atoms with E-state index in [9.17, 15) is 9.59 Å². The van der Waals surface area contributed by atoms with Gasteiger partial charge in [-0.3, -0.25) is 9.59 Å². The van der Waals surface area contributed by atoms with Crippen LogP contribution in [-0.4, -0.2) is 22.8 Å². The molecule has 1 aromatic carbocycles. The standard InChI is InChI=1S/C19H23N3O2S/c1-11(2)7-18(24)21-19-20-16(10-25-19)14-5-6-17-15(9-14)8-12(3)22(17)13(4)23/h5-6,9-12H,7-8H2,1-4H3,(H,20,21,24)/t12-/m1/s1. The minimum atomic E-state index is -0.00391. The Kier molecular flexibility index (Phi) is 4.90. The van der Waals surface area contributed by atoms with Crippen molar-refractivity contribution in [2.75, 3.05) is 10.2 Å². The topological polar surface area (TPSA) is 62.3 Å². The van der Waals surface area contributed by atoms with Gasteiger partial charge in [0.25, 0.3) is 0 Å². The first-order valence-corrected chi connectivity index (χ1v) is 9.41. The summed E-state index contributed by atoms with van der Waals surface area (Å²) in [5.41, 5.74) is 4.02. The van der Waals surface area contributed by atoms with Gasteiger partial charge in [0.2, 0.25) is 11.8 Å². The van der Waals surface area contributed by atoms with E-state index in [1.54, 1.807) is 6.92 Å². The number of rotatable bonds is 4. The van der Waals surface area contributed by atoms with Gasteiger partial charge in [0, 0.05) is 36.0 Å². The number of aromatic nitrogens is 1. The van der Waals surface area contributed by atoms with Crippen molar-refractivity contribution in [2.24, 2.45) is 5.92 Å². The van der Waals surface area contributed by atoms with Crippen LogP contribution in [0.25, 0.3) is 11.3 Å².